The Morgan fingerprint density at radius 3 is 2.67 bits per heavy atom. The van der Waals surface area contributed by atoms with Gasteiger partial charge in [0.2, 0.25) is 0 Å². The molecule has 0 saturated carbocycles. The van der Waals surface area contributed by atoms with E-state index in [1.807, 2.05) is 41.8 Å². The number of hydrogen-bond donors (Lipinski definition) is 1. The Labute approximate surface area is 180 Å². The van der Waals surface area contributed by atoms with Gasteiger partial charge in [0, 0.05) is 35.4 Å². The summed E-state index contributed by atoms with van der Waals surface area (Å²) in [5, 5.41) is 4.90. The van der Waals surface area contributed by atoms with Crippen molar-refractivity contribution in [2.75, 3.05) is 23.3 Å². The topological polar surface area (TPSA) is 63.7 Å². The summed E-state index contributed by atoms with van der Waals surface area (Å²) in [6.07, 6.45) is 0.413. The average Bonchev–Trinajstić information content (AvgIpc) is 3.26. The maximum absolute atomic E-state index is 12.7. The maximum Gasteiger partial charge on any atom is 0.255 e. The molecular weight excluding hydrogens is 398 g/mol. The Balaban J connectivity index is 1.37. The molecule has 1 N–H and O–H groups in total. The molecule has 7 heteroatoms. The first kappa shape index (κ1) is 20.4. The summed E-state index contributed by atoms with van der Waals surface area (Å²) in [4.78, 5) is 19.2. The van der Waals surface area contributed by atoms with Crippen LogP contribution in [0.25, 0.3) is 0 Å². The van der Waals surface area contributed by atoms with Gasteiger partial charge in [0.1, 0.15) is 12.4 Å². The van der Waals surface area contributed by atoms with Crippen LogP contribution in [0.5, 0.6) is 5.75 Å². The molecule has 0 bridgehead atoms. The van der Waals surface area contributed by atoms with Gasteiger partial charge in [-0.05, 0) is 56.3 Å². The third-order valence-corrected chi connectivity index (χ3v) is 5.51. The van der Waals surface area contributed by atoms with E-state index in [0.29, 0.717) is 17.9 Å². The highest BCUT2D eigenvalue weighted by molar-refractivity contribution is 7.07. The minimum atomic E-state index is -0.171. The molecule has 1 saturated heterocycles. The van der Waals surface area contributed by atoms with Crippen LogP contribution in [0.1, 0.15) is 29.9 Å². The van der Waals surface area contributed by atoms with Crippen LogP contribution < -0.4 is 15.0 Å². The number of nitrogens with zero attached hydrogens (tertiary/aromatic N) is 2. The number of hydrogen-bond acceptors (Lipinski definition) is 6. The lowest BCUT2D eigenvalue weighted by Gasteiger charge is -2.36. The van der Waals surface area contributed by atoms with Crippen molar-refractivity contribution in [3.05, 3.63) is 70.7 Å². The standard InChI is InChI=1S/C23H25N3O3S/c1-16-11-26(12-17(2)29-16)21-8-6-19(7-9-21)25-23(27)18-4-3-5-22(10-18)28-13-20-14-30-15-24-20/h3-10,14-17H,11-13H2,1-2H3,(H,25,27). The van der Waals surface area contributed by atoms with Gasteiger partial charge in [-0.15, -0.1) is 11.3 Å². The minimum Gasteiger partial charge on any atom is -0.487 e. The number of thiazole rings is 1. The molecule has 1 aliphatic heterocycles. The Morgan fingerprint density at radius 2 is 1.97 bits per heavy atom. The predicted molar refractivity (Wildman–Crippen MR) is 120 cm³/mol. The molecule has 2 atom stereocenters. The van der Waals surface area contributed by atoms with Crippen molar-refractivity contribution in [2.24, 2.45) is 0 Å². The zero-order chi connectivity index (χ0) is 20.9. The van der Waals surface area contributed by atoms with Crippen molar-refractivity contribution in [1.82, 2.24) is 4.98 Å². The number of benzene rings is 2. The summed E-state index contributed by atoms with van der Waals surface area (Å²) in [6.45, 7) is 6.29. The van der Waals surface area contributed by atoms with Crippen LogP contribution in [-0.2, 0) is 11.3 Å². The summed E-state index contributed by atoms with van der Waals surface area (Å²) in [5.41, 5.74) is 5.08. The van der Waals surface area contributed by atoms with E-state index in [1.165, 1.54) is 11.3 Å². The smallest absolute Gasteiger partial charge is 0.255 e. The monoisotopic (exact) mass is 423 g/mol. The summed E-state index contributed by atoms with van der Waals surface area (Å²) < 4.78 is 11.5. The lowest BCUT2D eigenvalue weighted by Crippen LogP contribution is -2.45. The van der Waals surface area contributed by atoms with Crippen molar-refractivity contribution in [1.29, 1.82) is 0 Å². The number of carbonyl (C=O) groups is 1. The molecule has 156 valence electrons. The fourth-order valence-corrected chi connectivity index (χ4v) is 4.08. The van der Waals surface area contributed by atoms with Crippen molar-refractivity contribution in [2.45, 2.75) is 32.7 Å². The zero-order valence-corrected chi connectivity index (χ0v) is 17.9. The van der Waals surface area contributed by atoms with Crippen LogP contribution in [0.3, 0.4) is 0 Å². The number of anilines is 2. The number of nitrogens with one attached hydrogen (secondary N) is 1. The van der Waals surface area contributed by atoms with E-state index in [-0.39, 0.29) is 18.1 Å². The zero-order valence-electron chi connectivity index (χ0n) is 17.1. The van der Waals surface area contributed by atoms with Crippen LogP contribution in [0.2, 0.25) is 0 Å². The molecule has 1 aromatic heterocycles. The van der Waals surface area contributed by atoms with Gasteiger partial charge in [-0.1, -0.05) is 6.07 Å². The summed E-state index contributed by atoms with van der Waals surface area (Å²) >= 11 is 1.53. The number of ether oxygens (including phenoxy) is 2. The van der Waals surface area contributed by atoms with Gasteiger partial charge >= 0.3 is 0 Å². The molecule has 1 amide bonds. The first-order valence-electron chi connectivity index (χ1n) is 9.98. The van der Waals surface area contributed by atoms with E-state index in [1.54, 1.807) is 17.6 Å². The summed E-state index contributed by atoms with van der Waals surface area (Å²) in [6, 6.07) is 15.1. The van der Waals surface area contributed by atoms with Crippen molar-refractivity contribution < 1.29 is 14.3 Å². The molecule has 0 radical (unpaired) electrons. The van der Waals surface area contributed by atoms with E-state index in [2.05, 4.69) is 29.0 Å². The van der Waals surface area contributed by atoms with E-state index in [9.17, 15) is 4.79 Å². The number of aromatic nitrogens is 1. The third-order valence-electron chi connectivity index (χ3n) is 4.88. The van der Waals surface area contributed by atoms with Gasteiger partial charge in [-0.25, -0.2) is 4.98 Å². The molecule has 2 heterocycles. The van der Waals surface area contributed by atoms with E-state index >= 15 is 0 Å². The lowest BCUT2D eigenvalue weighted by molar-refractivity contribution is -0.00521. The van der Waals surface area contributed by atoms with Crippen LogP contribution in [0.4, 0.5) is 11.4 Å². The second kappa shape index (κ2) is 9.28. The molecule has 30 heavy (non-hydrogen) atoms. The van der Waals surface area contributed by atoms with Gasteiger partial charge in [0.25, 0.3) is 5.91 Å². The summed E-state index contributed by atoms with van der Waals surface area (Å²) in [5.74, 6) is 0.469. The Bertz CT molecular complexity index is 966. The first-order chi connectivity index (χ1) is 14.6. The molecule has 3 aromatic rings. The molecule has 6 nitrogen and oxygen atoms in total. The van der Waals surface area contributed by atoms with Gasteiger partial charge in [-0.3, -0.25) is 4.79 Å². The molecule has 0 aliphatic carbocycles. The van der Waals surface area contributed by atoms with Crippen LogP contribution in [0.15, 0.2) is 59.4 Å². The van der Waals surface area contributed by atoms with E-state index < -0.39 is 0 Å². The number of rotatable bonds is 6. The molecule has 1 aliphatic rings. The Kier molecular flexibility index (Phi) is 6.30. The SMILES string of the molecule is CC1CN(c2ccc(NC(=O)c3cccc(OCc4cscn4)c3)cc2)CC(C)O1. The van der Waals surface area contributed by atoms with Crippen LogP contribution in [0, 0.1) is 0 Å². The largest absolute Gasteiger partial charge is 0.487 e. The van der Waals surface area contributed by atoms with E-state index in [4.69, 9.17) is 9.47 Å². The highest BCUT2D eigenvalue weighted by Crippen LogP contribution is 2.23. The second-order valence-electron chi connectivity index (χ2n) is 7.46. The lowest BCUT2D eigenvalue weighted by atomic mass is 10.1. The molecule has 4 rings (SSSR count). The first-order valence-corrected chi connectivity index (χ1v) is 10.9. The molecular formula is C23H25N3O3S. The second-order valence-corrected chi connectivity index (χ2v) is 8.18. The fourth-order valence-electron chi connectivity index (χ4n) is 3.54. The molecule has 2 unspecified atom stereocenters. The Hall–Kier alpha value is -2.90. The van der Waals surface area contributed by atoms with Crippen LogP contribution >= 0.6 is 11.3 Å². The minimum absolute atomic E-state index is 0.171. The highest BCUT2D eigenvalue weighted by atomic mass is 32.1. The quantitative estimate of drug-likeness (QED) is 0.628. The maximum atomic E-state index is 12.7. The predicted octanol–water partition coefficient (Wildman–Crippen LogP) is 4.59. The van der Waals surface area contributed by atoms with Crippen molar-refractivity contribution in [3.63, 3.8) is 0 Å². The van der Waals surface area contributed by atoms with Crippen LogP contribution in [-0.4, -0.2) is 36.2 Å². The number of amides is 1. The van der Waals surface area contributed by atoms with E-state index in [0.717, 1.165) is 30.2 Å². The van der Waals surface area contributed by atoms with Gasteiger partial charge in [0.15, 0.2) is 0 Å². The fraction of sp³-hybridized carbons (Fsp3) is 0.304. The summed E-state index contributed by atoms with van der Waals surface area (Å²) in [7, 11) is 0. The van der Waals surface area contributed by atoms with Gasteiger partial charge < -0.3 is 19.7 Å². The average molecular weight is 424 g/mol. The van der Waals surface area contributed by atoms with Crippen molar-refractivity contribution >= 4 is 28.6 Å². The molecule has 0 spiro atoms. The normalized spacial score (nSPS) is 18.8. The molecule has 2 aromatic carbocycles. The molecule has 1 fully saturated rings. The van der Waals surface area contributed by atoms with Crippen molar-refractivity contribution in [3.8, 4) is 5.75 Å². The number of morpholine rings is 1. The third kappa shape index (κ3) is 5.17. The number of carbonyl (C=O) groups excluding carboxylic acids is 1. The Morgan fingerprint density at radius 1 is 1.20 bits per heavy atom. The highest BCUT2D eigenvalue weighted by Gasteiger charge is 2.22. The van der Waals surface area contributed by atoms with Gasteiger partial charge in [-0.2, -0.15) is 0 Å². The van der Waals surface area contributed by atoms with Gasteiger partial charge in [0.05, 0.1) is 23.4 Å².